The van der Waals surface area contributed by atoms with Gasteiger partial charge in [0.1, 0.15) is 0 Å². The summed E-state index contributed by atoms with van der Waals surface area (Å²) in [5.41, 5.74) is 0.140. The van der Waals surface area contributed by atoms with E-state index in [9.17, 15) is 13.2 Å². The fourth-order valence-electron chi connectivity index (χ4n) is 1.18. The highest BCUT2D eigenvalue weighted by atomic mass is 35.5. The number of hydrogen-bond donors (Lipinski definition) is 2. The molecular formula is C10H13Cl2N3O3S. The number of nitrogens with one attached hydrogen (secondary N) is 1. The quantitative estimate of drug-likeness (QED) is 0.891. The number of amides is 2. The number of urea groups is 1. The van der Waals surface area contributed by atoms with E-state index in [0.717, 1.165) is 12.1 Å². The van der Waals surface area contributed by atoms with E-state index in [1.165, 1.54) is 4.90 Å². The van der Waals surface area contributed by atoms with Gasteiger partial charge in [-0.05, 0) is 19.1 Å². The van der Waals surface area contributed by atoms with E-state index in [1.807, 2.05) is 0 Å². The second-order valence-electron chi connectivity index (χ2n) is 3.75. The second kappa shape index (κ2) is 5.96. The lowest BCUT2D eigenvalue weighted by molar-refractivity contribution is 0.224. The number of carbonyl (C=O) groups excluding carboxylic acids is 1. The van der Waals surface area contributed by atoms with E-state index < -0.39 is 16.1 Å². The van der Waals surface area contributed by atoms with Crippen molar-refractivity contribution in [3.63, 3.8) is 0 Å². The number of benzene rings is 1. The van der Waals surface area contributed by atoms with E-state index in [4.69, 9.17) is 28.3 Å². The molecule has 1 rings (SSSR count). The normalized spacial score (nSPS) is 11.2. The van der Waals surface area contributed by atoms with Crippen molar-refractivity contribution < 1.29 is 13.2 Å². The summed E-state index contributed by atoms with van der Waals surface area (Å²) in [4.78, 5) is 12.9. The van der Waals surface area contributed by atoms with Crippen LogP contribution < -0.4 is 10.5 Å². The van der Waals surface area contributed by atoms with Gasteiger partial charge in [0.05, 0.1) is 20.6 Å². The standard InChI is InChI=1S/C10H13Cl2N3O3S/c1-3-15(2)10(16)14-9-7(11)4-6(5-8(9)12)19(13,17)18/h4-5H,3H2,1-2H3,(H,14,16)(H2,13,17,18). The summed E-state index contributed by atoms with van der Waals surface area (Å²) in [6.45, 7) is 2.29. The molecule has 0 radical (unpaired) electrons. The Morgan fingerprint density at radius 1 is 1.37 bits per heavy atom. The van der Waals surface area contributed by atoms with Gasteiger partial charge < -0.3 is 10.2 Å². The lowest BCUT2D eigenvalue weighted by Crippen LogP contribution is -2.31. The van der Waals surface area contributed by atoms with Crippen molar-refractivity contribution in [3.05, 3.63) is 22.2 Å². The van der Waals surface area contributed by atoms with Gasteiger partial charge >= 0.3 is 6.03 Å². The molecule has 0 atom stereocenters. The molecule has 0 fully saturated rings. The Hall–Kier alpha value is -1.02. The van der Waals surface area contributed by atoms with Gasteiger partial charge in [0, 0.05) is 13.6 Å². The maximum absolute atomic E-state index is 11.7. The SMILES string of the molecule is CCN(C)C(=O)Nc1c(Cl)cc(S(N)(=O)=O)cc1Cl. The third kappa shape index (κ3) is 3.97. The topological polar surface area (TPSA) is 92.5 Å². The van der Waals surface area contributed by atoms with Crippen molar-refractivity contribution in [1.82, 2.24) is 4.90 Å². The Morgan fingerprint density at radius 3 is 2.21 bits per heavy atom. The van der Waals surface area contributed by atoms with Gasteiger partial charge in [-0.1, -0.05) is 23.2 Å². The Labute approximate surface area is 121 Å². The highest BCUT2D eigenvalue weighted by molar-refractivity contribution is 7.89. The van der Waals surface area contributed by atoms with E-state index in [0.29, 0.717) is 6.54 Å². The lowest BCUT2D eigenvalue weighted by Gasteiger charge is -2.17. The molecule has 19 heavy (non-hydrogen) atoms. The van der Waals surface area contributed by atoms with Crippen LogP contribution in [0, 0.1) is 0 Å². The van der Waals surface area contributed by atoms with Gasteiger partial charge in [-0.25, -0.2) is 18.4 Å². The van der Waals surface area contributed by atoms with Crippen molar-refractivity contribution >= 4 is 44.9 Å². The van der Waals surface area contributed by atoms with Crippen molar-refractivity contribution in [1.29, 1.82) is 0 Å². The molecule has 0 aromatic heterocycles. The number of sulfonamides is 1. The van der Waals surface area contributed by atoms with Crippen LogP contribution in [0.25, 0.3) is 0 Å². The summed E-state index contributed by atoms with van der Waals surface area (Å²) in [5.74, 6) is 0. The van der Waals surface area contributed by atoms with E-state index in [2.05, 4.69) is 5.32 Å². The second-order valence-corrected chi connectivity index (χ2v) is 6.13. The Kier molecular flexibility index (Phi) is 5.03. The van der Waals surface area contributed by atoms with Gasteiger partial charge in [0.2, 0.25) is 10.0 Å². The Balaban J connectivity index is 3.15. The summed E-state index contributed by atoms with van der Waals surface area (Å²) in [7, 11) is -2.31. The average Bonchev–Trinajstić information content (AvgIpc) is 2.30. The predicted molar refractivity (Wildman–Crippen MR) is 75.2 cm³/mol. The van der Waals surface area contributed by atoms with Crippen molar-refractivity contribution in [2.45, 2.75) is 11.8 Å². The molecule has 9 heteroatoms. The summed E-state index contributed by atoms with van der Waals surface area (Å²) >= 11 is 11.8. The first-order valence-corrected chi connectivity index (χ1v) is 7.51. The summed E-state index contributed by atoms with van der Waals surface area (Å²) < 4.78 is 22.4. The third-order valence-electron chi connectivity index (χ3n) is 2.40. The molecule has 0 spiro atoms. The van der Waals surface area contributed by atoms with Crippen molar-refractivity contribution in [2.75, 3.05) is 18.9 Å². The van der Waals surface area contributed by atoms with Gasteiger partial charge in [-0.15, -0.1) is 0 Å². The van der Waals surface area contributed by atoms with Gasteiger partial charge in [-0.2, -0.15) is 0 Å². The molecule has 0 aliphatic rings. The minimum absolute atomic E-state index is 0.00521. The zero-order valence-electron chi connectivity index (χ0n) is 10.3. The van der Waals surface area contributed by atoms with E-state index in [1.54, 1.807) is 14.0 Å². The van der Waals surface area contributed by atoms with Gasteiger partial charge in [-0.3, -0.25) is 0 Å². The van der Waals surface area contributed by atoms with Crippen LogP contribution in [0.1, 0.15) is 6.92 Å². The number of nitrogens with two attached hydrogens (primary N) is 1. The fraction of sp³-hybridized carbons (Fsp3) is 0.300. The molecule has 0 aliphatic heterocycles. The van der Waals surface area contributed by atoms with Crippen molar-refractivity contribution in [3.8, 4) is 0 Å². The third-order valence-corrected chi connectivity index (χ3v) is 3.89. The highest BCUT2D eigenvalue weighted by Gasteiger charge is 2.17. The molecule has 0 unspecified atom stereocenters. The molecule has 0 aliphatic carbocycles. The van der Waals surface area contributed by atoms with Crippen LogP contribution in [0.3, 0.4) is 0 Å². The lowest BCUT2D eigenvalue weighted by atomic mass is 10.3. The van der Waals surface area contributed by atoms with Crippen LogP contribution in [0.2, 0.25) is 10.0 Å². The number of halogens is 2. The molecule has 0 saturated heterocycles. The van der Waals surface area contributed by atoms with E-state index >= 15 is 0 Å². The van der Waals surface area contributed by atoms with Gasteiger partial charge in [0.15, 0.2) is 0 Å². The zero-order valence-corrected chi connectivity index (χ0v) is 12.6. The summed E-state index contributed by atoms with van der Waals surface area (Å²) in [6, 6.07) is 1.85. The number of nitrogens with zero attached hydrogens (tertiary/aromatic N) is 1. The fourth-order valence-corrected chi connectivity index (χ4v) is 2.45. The van der Waals surface area contributed by atoms with Gasteiger partial charge in [0.25, 0.3) is 0 Å². The van der Waals surface area contributed by atoms with Crippen molar-refractivity contribution in [2.24, 2.45) is 5.14 Å². The first kappa shape index (κ1) is 16.0. The number of carbonyl (C=O) groups is 1. The number of primary sulfonamides is 1. The van der Waals surface area contributed by atoms with Crippen LogP contribution in [0.15, 0.2) is 17.0 Å². The minimum atomic E-state index is -3.91. The molecule has 0 bridgehead atoms. The number of anilines is 1. The molecule has 6 nitrogen and oxygen atoms in total. The molecule has 0 heterocycles. The first-order chi connectivity index (χ1) is 8.66. The summed E-state index contributed by atoms with van der Waals surface area (Å²) in [6.07, 6.45) is 0. The molecule has 1 aromatic rings. The largest absolute Gasteiger partial charge is 0.328 e. The van der Waals surface area contributed by atoms with Crippen LogP contribution >= 0.6 is 23.2 Å². The molecule has 3 N–H and O–H groups in total. The Morgan fingerprint density at radius 2 is 1.84 bits per heavy atom. The van der Waals surface area contributed by atoms with Crippen LogP contribution in [-0.2, 0) is 10.0 Å². The number of rotatable bonds is 3. The van der Waals surface area contributed by atoms with E-state index in [-0.39, 0.29) is 20.6 Å². The Bertz CT molecular complexity index is 581. The smallest absolute Gasteiger partial charge is 0.321 e. The zero-order chi connectivity index (χ0) is 14.8. The van der Waals surface area contributed by atoms with Crippen LogP contribution in [-0.4, -0.2) is 32.9 Å². The maximum Gasteiger partial charge on any atom is 0.321 e. The number of hydrogen-bond acceptors (Lipinski definition) is 3. The molecular weight excluding hydrogens is 313 g/mol. The predicted octanol–water partition coefficient (Wildman–Crippen LogP) is 2.12. The molecule has 2 amide bonds. The average molecular weight is 326 g/mol. The molecule has 1 aromatic carbocycles. The molecule has 0 saturated carbocycles. The summed E-state index contributed by atoms with van der Waals surface area (Å²) in [5, 5.41) is 7.46. The highest BCUT2D eigenvalue weighted by Crippen LogP contribution is 2.33. The molecule has 106 valence electrons. The monoisotopic (exact) mass is 325 g/mol. The van der Waals surface area contributed by atoms with Crippen LogP contribution in [0.5, 0.6) is 0 Å². The minimum Gasteiger partial charge on any atom is -0.328 e. The van der Waals surface area contributed by atoms with Crippen LogP contribution in [0.4, 0.5) is 10.5 Å². The first-order valence-electron chi connectivity index (χ1n) is 5.20. The maximum atomic E-state index is 11.7.